The number of carbonyl (C=O) groups excluding carboxylic acids is 2. The van der Waals surface area contributed by atoms with Crippen LogP contribution in [0.2, 0.25) is 0 Å². The Morgan fingerprint density at radius 2 is 1.89 bits per heavy atom. The van der Waals surface area contributed by atoms with E-state index in [-0.39, 0.29) is 6.61 Å². The molecule has 8 heteroatoms. The molecule has 0 bridgehead atoms. The second kappa shape index (κ2) is 11.9. The van der Waals surface area contributed by atoms with Gasteiger partial charge in [0, 0.05) is 12.2 Å². The molecule has 0 heterocycles. The van der Waals surface area contributed by atoms with Gasteiger partial charge in [-0.05, 0) is 0 Å². The van der Waals surface area contributed by atoms with Gasteiger partial charge in [-0.3, -0.25) is 0 Å². The Labute approximate surface area is 106 Å². The van der Waals surface area contributed by atoms with Gasteiger partial charge in [0.2, 0.25) is 0 Å². The van der Waals surface area contributed by atoms with Crippen LogP contribution in [-0.2, 0) is 23.6 Å². The van der Waals surface area contributed by atoms with Crippen LogP contribution in [0, 0.1) is 0 Å². The lowest BCUT2D eigenvalue weighted by molar-refractivity contribution is -0.166. The number of carbonyl (C=O) groups is 2. The van der Waals surface area contributed by atoms with Gasteiger partial charge < -0.3 is 19.5 Å². The fourth-order valence-electron chi connectivity index (χ4n) is 0.545. The van der Waals surface area contributed by atoms with Crippen molar-refractivity contribution in [1.29, 1.82) is 0 Å². The SMILES string of the molecule is C=CC(=O)OC.C=CC(=O)OCC(O)C[P+](=O)[O-]. The van der Waals surface area contributed by atoms with Gasteiger partial charge in [-0.1, -0.05) is 17.7 Å². The normalized spacial score (nSPS) is 11.2. The average Bonchev–Trinajstić information content (AvgIpc) is 2.34. The van der Waals surface area contributed by atoms with Crippen molar-refractivity contribution in [3.8, 4) is 0 Å². The zero-order chi connectivity index (χ0) is 14.6. The van der Waals surface area contributed by atoms with Crippen LogP contribution in [0.5, 0.6) is 0 Å². The van der Waals surface area contributed by atoms with E-state index in [0.29, 0.717) is 0 Å². The topological polar surface area (TPSA) is 113 Å². The standard InChI is InChI=1S/C6H9O5P.C4H6O2/c1-2-6(8)11-3-5(7)4-12(9)10;1-3-4(5)6-2/h2,5,7H,1,3-4H2;3H,1H2,2H3. The number of rotatable bonds is 6. The maximum atomic E-state index is 10.4. The summed E-state index contributed by atoms with van der Waals surface area (Å²) in [4.78, 5) is 30.3. The fraction of sp³-hybridized carbons (Fsp3) is 0.400. The quantitative estimate of drug-likeness (QED) is 0.396. The monoisotopic (exact) mass is 278 g/mol. The maximum Gasteiger partial charge on any atom is 0.330 e. The zero-order valence-corrected chi connectivity index (χ0v) is 10.8. The molecule has 0 fully saturated rings. The molecule has 18 heavy (non-hydrogen) atoms. The number of aliphatic hydroxyl groups excluding tert-OH is 1. The van der Waals surface area contributed by atoms with E-state index in [4.69, 9.17) is 5.11 Å². The molecule has 0 aliphatic rings. The van der Waals surface area contributed by atoms with Gasteiger partial charge >= 0.3 is 20.0 Å². The van der Waals surface area contributed by atoms with E-state index in [0.717, 1.165) is 12.2 Å². The lowest BCUT2D eigenvalue weighted by Crippen LogP contribution is -2.21. The summed E-state index contributed by atoms with van der Waals surface area (Å²) in [6.45, 7) is 5.96. The van der Waals surface area contributed by atoms with Crippen molar-refractivity contribution in [3.63, 3.8) is 0 Å². The largest absolute Gasteiger partial charge is 0.595 e. The van der Waals surface area contributed by atoms with Crippen molar-refractivity contribution in [1.82, 2.24) is 0 Å². The van der Waals surface area contributed by atoms with Crippen LogP contribution in [0.4, 0.5) is 0 Å². The molecular weight excluding hydrogens is 263 g/mol. The number of methoxy groups -OCH3 is 1. The molecule has 0 spiro atoms. The van der Waals surface area contributed by atoms with Gasteiger partial charge in [-0.25, -0.2) is 9.59 Å². The predicted octanol–water partition coefficient (Wildman–Crippen LogP) is -0.475. The molecule has 2 atom stereocenters. The highest BCUT2D eigenvalue weighted by Crippen LogP contribution is 2.08. The van der Waals surface area contributed by atoms with E-state index in [1.54, 1.807) is 0 Å². The van der Waals surface area contributed by atoms with Crippen molar-refractivity contribution in [2.24, 2.45) is 0 Å². The van der Waals surface area contributed by atoms with Crippen LogP contribution in [0.15, 0.2) is 25.3 Å². The lowest BCUT2D eigenvalue weighted by Gasteiger charge is -2.04. The number of hydrogen-bond donors (Lipinski definition) is 1. The minimum absolute atomic E-state index is 0.325. The molecule has 0 aromatic heterocycles. The van der Waals surface area contributed by atoms with Gasteiger partial charge in [0.05, 0.1) is 7.11 Å². The van der Waals surface area contributed by atoms with E-state index < -0.39 is 32.2 Å². The summed E-state index contributed by atoms with van der Waals surface area (Å²) in [6, 6.07) is 0. The van der Waals surface area contributed by atoms with E-state index in [2.05, 4.69) is 22.6 Å². The van der Waals surface area contributed by atoms with E-state index in [9.17, 15) is 19.0 Å². The van der Waals surface area contributed by atoms with Crippen molar-refractivity contribution >= 4 is 20.0 Å². The van der Waals surface area contributed by atoms with Crippen LogP contribution < -0.4 is 4.89 Å². The van der Waals surface area contributed by atoms with Crippen molar-refractivity contribution in [2.75, 3.05) is 19.9 Å². The van der Waals surface area contributed by atoms with E-state index >= 15 is 0 Å². The fourth-order valence-corrected chi connectivity index (χ4v) is 0.995. The first-order valence-electron chi connectivity index (χ1n) is 4.66. The molecule has 0 rings (SSSR count). The lowest BCUT2D eigenvalue weighted by atomic mass is 10.4. The molecule has 0 aliphatic carbocycles. The Morgan fingerprint density at radius 3 is 2.17 bits per heavy atom. The molecule has 0 saturated heterocycles. The van der Waals surface area contributed by atoms with E-state index in [1.807, 2.05) is 0 Å². The first-order chi connectivity index (χ1) is 8.37. The Kier molecular flexibility index (Phi) is 12.4. The third-order valence-electron chi connectivity index (χ3n) is 1.31. The Hall–Kier alpha value is -1.56. The van der Waals surface area contributed by atoms with Crippen LogP contribution in [0.1, 0.15) is 0 Å². The summed E-state index contributed by atoms with van der Waals surface area (Å²) >= 11 is 0. The van der Waals surface area contributed by atoms with Crippen molar-refractivity contribution in [2.45, 2.75) is 6.10 Å². The molecule has 1 N–H and O–H groups in total. The third kappa shape index (κ3) is 14.4. The molecule has 102 valence electrons. The summed E-state index contributed by atoms with van der Waals surface area (Å²) in [6.07, 6.45) is 0.485. The highest BCUT2D eigenvalue weighted by molar-refractivity contribution is 7.36. The summed E-state index contributed by atoms with van der Waals surface area (Å²) in [5, 5.41) is 8.87. The molecule has 0 aromatic rings. The summed E-state index contributed by atoms with van der Waals surface area (Å²) < 4.78 is 18.6. The zero-order valence-electron chi connectivity index (χ0n) is 9.90. The molecule has 0 aromatic carbocycles. The van der Waals surface area contributed by atoms with Crippen LogP contribution in [0.25, 0.3) is 0 Å². The van der Waals surface area contributed by atoms with Gasteiger partial charge in [0.1, 0.15) is 12.7 Å². The second-order valence-electron chi connectivity index (χ2n) is 2.73. The highest BCUT2D eigenvalue weighted by atomic mass is 31.1. The molecular formula is C10H15O7P. The summed E-state index contributed by atoms with van der Waals surface area (Å²) in [5.74, 6) is -1.08. The first-order valence-corrected chi connectivity index (χ1v) is 6.03. The minimum atomic E-state index is -2.64. The smallest absolute Gasteiger partial charge is 0.330 e. The Morgan fingerprint density at radius 1 is 1.39 bits per heavy atom. The second-order valence-corrected chi connectivity index (χ2v) is 3.76. The molecule has 0 saturated carbocycles. The van der Waals surface area contributed by atoms with Crippen molar-refractivity contribution in [3.05, 3.63) is 25.3 Å². The Bertz CT molecular complexity index is 313. The third-order valence-corrected chi connectivity index (χ3v) is 2.03. The molecule has 7 nitrogen and oxygen atoms in total. The molecule has 0 aliphatic heterocycles. The van der Waals surface area contributed by atoms with E-state index in [1.165, 1.54) is 7.11 Å². The number of ether oxygens (including phenoxy) is 2. The van der Waals surface area contributed by atoms with Crippen molar-refractivity contribution < 1.29 is 33.6 Å². The number of aliphatic hydroxyl groups is 1. The predicted molar refractivity (Wildman–Crippen MR) is 61.8 cm³/mol. The van der Waals surface area contributed by atoms with Crippen LogP contribution in [0.3, 0.4) is 0 Å². The molecule has 2 unspecified atom stereocenters. The van der Waals surface area contributed by atoms with Gasteiger partial charge in [0.25, 0.3) is 0 Å². The molecule has 0 radical (unpaired) electrons. The van der Waals surface area contributed by atoms with Gasteiger partial charge in [-0.2, -0.15) is 0 Å². The summed E-state index contributed by atoms with van der Waals surface area (Å²) in [7, 11) is -1.33. The first kappa shape index (κ1) is 18.8. The maximum absolute atomic E-state index is 10.4. The minimum Gasteiger partial charge on any atom is -0.595 e. The Balaban J connectivity index is 0. The van der Waals surface area contributed by atoms with Gasteiger partial charge in [0.15, 0.2) is 6.16 Å². The average molecular weight is 278 g/mol. The molecule has 0 amide bonds. The summed E-state index contributed by atoms with van der Waals surface area (Å²) in [5.41, 5.74) is 0. The van der Waals surface area contributed by atoms with Gasteiger partial charge in [-0.15, -0.1) is 0 Å². The van der Waals surface area contributed by atoms with Crippen LogP contribution in [-0.4, -0.2) is 43.0 Å². The number of hydrogen-bond acceptors (Lipinski definition) is 7. The highest BCUT2D eigenvalue weighted by Gasteiger charge is 2.13. The van der Waals surface area contributed by atoms with Crippen LogP contribution >= 0.6 is 8.03 Å². The number of esters is 2.